The molecule has 0 radical (unpaired) electrons. The lowest BCUT2D eigenvalue weighted by atomic mass is 9.78. The highest BCUT2D eigenvalue weighted by Crippen LogP contribution is 2.57. The van der Waals surface area contributed by atoms with Gasteiger partial charge in [0.2, 0.25) is 0 Å². The molecule has 0 bridgehead atoms. The number of hydrogen-bond donors (Lipinski definition) is 0. The lowest BCUT2D eigenvalue weighted by Crippen LogP contribution is -2.18. The Morgan fingerprint density at radius 2 is 0.667 bits per heavy atom. The van der Waals surface area contributed by atoms with E-state index in [-0.39, 0.29) is 5.41 Å². The summed E-state index contributed by atoms with van der Waals surface area (Å²) in [6, 6.07) is 85.1. The van der Waals surface area contributed by atoms with Crippen molar-refractivity contribution in [1.82, 2.24) is 0 Å². The van der Waals surface area contributed by atoms with Crippen LogP contribution in [0.3, 0.4) is 0 Å². The average molecular weight is 772 g/mol. The first-order valence-corrected chi connectivity index (χ1v) is 20.7. The maximum absolute atomic E-state index is 2.47. The molecule has 9 aromatic carbocycles. The third kappa shape index (κ3) is 6.60. The number of rotatable bonds is 10. The Balaban J connectivity index is 1.24. The number of nitrogens with zero attached hydrogens (tertiary/aromatic N) is 3. The molecule has 0 unspecified atom stereocenters. The largest absolute Gasteiger partial charge is 0.310 e. The molecule has 9 aromatic rings. The molecule has 1 aliphatic carbocycles. The molecule has 0 saturated carbocycles. The quantitative estimate of drug-likeness (QED) is 0.137. The first-order chi connectivity index (χ1) is 29.6. The molecule has 0 spiro atoms. The highest BCUT2D eigenvalue weighted by atomic mass is 15.2. The summed E-state index contributed by atoms with van der Waals surface area (Å²) in [5.74, 6) is 0. The van der Waals surface area contributed by atoms with Gasteiger partial charge in [0, 0.05) is 56.5 Å². The van der Waals surface area contributed by atoms with Crippen LogP contribution < -0.4 is 14.7 Å². The van der Waals surface area contributed by atoms with Crippen LogP contribution >= 0.6 is 0 Å². The minimum Gasteiger partial charge on any atom is -0.310 e. The van der Waals surface area contributed by atoms with Gasteiger partial charge in [0.25, 0.3) is 0 Å². The van der Waals surface area contributed by atoms with Crippen molar-refractivity contribution < 1.29 is 0 Å². The van der Waals surface area contributed by atoms with Crippen molar-refractivity contribution in [2.24, 2.45) is 0 Å². The van der Waals surface area contributed by atoms with E-state index in [0.29, 0.717) is 0 Å². The first kappa shape index (κ1) is 36.7. The maximum Gasteiger partial charge on any atom is 0.0543 e. The first-order valence-electron chi connectivity index (χ1n) is 20.7. The average Bonchev–Trinajstić information content (AvgIpc) is 3.55. The predicted octanol–water partition coefficient (Wildman–Crippen LogP) is 16.1. The third-order valence-corrected chi connectivity index (χ3v) is 11.8. The van der Waals surface area contributed by atoms with E-state index < -0.39 is 0 Å². The summed E-state index contributed by atoms with van der Waals surface area (Å²) in [6.45, 7) is 4.77. The Kier molecular flexibility index (Phi) is 9.55. The highest BCUT2D eigenvalue weighted by Gasteiger charge is 2.40. The van der Waals surface area contributed by atoms with Crippen LogP contribution in [0, 0.1) is 0 Å². The second-order valence-electron chi connectivity index (χ2n) is 15.8. The van der Waals surface area contributed by atoms with Gasteiger partial charge in [-0.2, -0.15) is 0 Å². The molecule has 0 amide bonds. The van der Waals surface area contributed by atoms with Gasteiger partial charge in [-0.05, 0) is 119 Å². The molecule has 60 heavy (non-hydrogen) atoms. The van der Waals surface area contributed by atoms with Crippen LogP contribution in [0.2, 0.25) is 0 Å². The van der Waals surface area contributed by atoms with Crippen LogP contribution in [-0.2, 0) is 5.41 Å². The van der Waals surface area contributed by atoms with E-state index >= 15 is 0 Å². The molecule has 0 fully saturated rings. The van der Waals surface area contributed by atoms with Crippen molar-refractivity contribution in [2.75, 3.05) is 14.7 Å². The zero-order chi connectivity index (χ0) is 40.5. The van der Waals surface area contributed by atoms with E-state index in [1.54, 1.807) is 0 Å². The van der Waals surface area contributed by atoms with Gasteiger partial charge in [-0.25, -0.2) is 0 Å². The number of fused-ring (bicyclic) bond motifs is 3. The summed E-state index contributed by atoms with van der Waals surface area (Å²) in [6.07, 6.45) is 0. The molecular weight excluding hydrogens is 727 g/mol. The summed E-state index contributed by atoms with van der Waals surface area (Å²) in [5, 5.41) is 0. The van der Waals surface area contributed by atoms with Crippen molar-refractivity contribution in [1.29, 1.82) is 0 Å². The number of anilines is 9. The molecule has 288 valence electrons. The Labute approximate surface area is 353 Å². The zero-order valence-electron chi connectivity index (χ0n) is 33.9. The van der Waals surface area contributed by atoms with E-state index in [1.807, 2.05) is 0 Å². The minimum atomic E-state index is -0.239. The fourth-order valence-corrected chi connectivity index (χ4v) is 9.11. The van der Waals surface area contributed by atoms with Crippen molar-refractivity contribution in [3.8, 4) is 22.3 Å². The minimum absolute atomic E-state index is 0.239. The van der Waals surface area contributed by atoms with Gasteiger partial charge in [0.1, 0.15) is 0 Å². The molecule has 10 rings (SSSR count). The smallest absolute Gasteiger partial charge is 0.0543 e. The summed E-state index contributed by atoms with van der Waals surface area (Å²) in [4.78, 5) is 7.15. The van der Waals surface area contributed by atoms with E-state index in [4.69, 9.17) is 0 Å². The van der Waals surface area contributed by atoms with Gasteiger partial charge in [-0.15, -0.1) is 0 Å². The number of hydrogen-bond acceptors (Lipinski definition) is 3. The fraction of sp³-hybridized carbons (Fsp3) is 0.0526. The summed E-state index contributed by atoms with van der Waals surface area (Å²) < 4.78 is 0. The second kappa shape index (κ2) is 15.6. The molecule has 3 nitrogen and oxygen atoms in total. The van der Waals surface area contributed by atoms with E-state index in [1.165, 1.54) is 33.4 Å². The number of para-hydroxylation sites is 4. The Morgan fingerprint density at radius 3 is 1.12 bits per heavy atom. The van der Waals surface area contributed by atoms with Gasteiger partial charge in [0.05, 0.1) is 5.69 Å². The maximum atomic E-state index is 2.47. The molecule has 0 heterocycles. The predicted molar refractivity (Wildman–Crippen MR) is 253 cm³/mol. The Bertz CT molecular complexity index is 2690. The van der Waals surface area contributed by atoms with E-state index in [0.717, 1.165) is 51.2 Å². The van der Waals surface area contributed by atoms with Crippen LogP contribution in [0.25, 0.3) is 22.3 Å². The third-order valence-electron chi connectivity index (χ3n) is 11.8. The van der Waals surface area contributed by atoms with Crippen molar-refractivity contribution in [3.05, 3.63) is 248 Å². The molecule has 0 saturated heterocycles. The summed E-state index contributed by atoms with van der Waals surface area (Å²) >= 11 is 0. The molecule has 1 aliphatic rings. The molecule has 3 heteroatoms. The molecular formula is C57H45N3. The van der Waals surface area contributed by atoms with Gasteiger partial charge in [0.15, 0.2) is 0 Å². The van der Waals surface area contributed by atoms with E-state index in [9.17, 15) is 0 Å². The van der Waals surface area contributed by atoms with Gasteiger partial charge >= 0.3 is 0 Å². The molecule has 0 atom stereocenters. The highest BCUT2D eigenvalue weighted by molar-refractivity contribution is 5.99. The lowest BCUT2D eigenvalue weighted by molar-refractivity contribution is 0.662. The molecule has 0 N–H and O–H groups in total. The van der Waals surface area contributed by atoms with Gasteiger partial charge in [-0.1, -0.05) is 159 Å². The lowest BCUT2D eigenvalue weighted by Gasteiger charge is -2.33. The van der Waals surface area contributed by atoms with Crippen LogP contribution in [0.4, 0.5) is 51.2 Å². The number of benzene rings is 9. The molecule has 0 aromatic heterocycles. The van der Waals surface area contributed by atoms with Crippen LogP contribution in [0.5, 0.6) is 0 Å². The topological polar surface area (TPSA) is 9.72 Å². The van der Waals surface area contributed by atoms with Crippen molar-refractivity contribution in [3.63, 3.8) is 0 Å². The zero-order valence-corrected chi connectivity index (χ0v) is 33.9. The Morgan fingerprint density at radius 1 is 0.300 bits per heavy atom. The van der Waals surface area contributed by atoms with Crippen LogP contribution in [0.1, 0.15) is 25.0 Å². The van der Waals surface area contributed by atoms with Crippen molar-refractivity contribution in [2.45, 2.75) is 19.3 Å². The SMILES string of the molecule is CC1(C)c2ccccc2-c2c(N(c3cccc(N(c4ccccc4)c4ccccc4)c3)c3cccc(N(c4ccccc4)c4ccccc4)c3)ccc(-c3ccccc3)c21. The second-order valence-corrected chi connectivity index (χ2v) is 15.8. The van der Waals surface area contributed by atoms with Crippen LogP contribution in [-0.4, -0.2) is 0 Å². The van der Waals surface area contributed by atoms with Gasteiger partial charge < -0.3 is 14.7 Å². The monoisotopic (exact) mass is 771 g/mol. The summed E-state index contributed by atoms with van der Waals surface area (Å²) in [7, 11) is 0. The van der Waals surface area contributed by atoms with Gasteiger partial charge in [-0.3, -0.25) is 0 Å². The normalized spacial score (nSPS) is 12.3. The van der Waals surface area contributed by atoms with Crippen LogP contribution in [0.15, 0.2) is 237 Å². The standard InChI is InChI=1S/C57H45N3/c1-57(2)53-37-19-18-36-52(53)55-54(39-38-51(56(55)57)42-22-8-3-9-23-42)60(49-34-20-32-47(40-49)58(43-24-10-4-11-25-43)44-26-12-5-13-27-44)50-35-21-33-48(41-50)59(45-28-14-6-15-29-45)46-30-16-7-17-31-46/h3-41H,1-2H3. The van der Waals surface area contributed by atoms with E-state index in [2.05, 4.69) is 265 Å². The fourth-order valence-electron chi connectivity index (χ4n) is 9.11. The molecule has 0 aliphatic heterocycles. The Hall–Kier alpha value is -7.62. The summed E-state index contributed by atoms with van der Waals surface area (Å²) in [5.41, 5.74) is 17.2. The van der Waals surface area contributed by atoms with Crippen molar-refractivity contribution >= 4 is 51.2 Å².